The van der Waals surface area contributed by atoms with Crippen LogP contribution >= 0.6 is 0 Å². The van der Waals surface area contributed by atoms with Gasteiger partial charge in [-0.3, -0.25) is 0 Å². The first-order valence-corrected chi connectivity index (χ1v) is 16.7. The average molecular weight is 526 g/mol. The smallest absolute Gasteiger partial charge is 0.0476 e. The summed E-state index contributed by atoms with van der Waals surface area (Å²) < 4.78 is 0. The normalized spacial score (nSPS) is 13.7. The highest BCUT2D eigenvalue weighted by molar-refractivity contribution is 5.72. The van der Waals surface area contributed by atoms with E-state index in [-0.39, 0.29) is 12.1 Å². The molecule has 2 unspecified atom stereocenters. The summed E-state index contributed by atoms with van der Waals surface area (Å²) in [5, 5.41) is 12.0. The summed E-state index contributed by atoms with van der Waals surface area (Å²) in [4.78, 5) is 12.0. The minimum absolute atomic E-state index is 0. The van der Waals surface area contributed by atoms with Gasteiger partial charge >= 0.3 is 0 Å². The monoisotopic (exact) mass is 526 g/mol. The number of rotatable bonds is 29. The number of carbonyl (C=O) groups excluding carboxylic acids is 1. The number of aliphatic carboxylic acids is 1. The highest BCUT2D eigenvalue weighted by Gasteiger charge is 2.31. The quantitative estimate of drug-likeness (QED) is 0.0985. The molecule has 224 valence electrons. The fraction of sp³-hybridized carbons (Fsp3) is 0.971. The molecule has 0 heterocycles. The van der Waals surface area contributed by atoms with Gasteiger partial charge in [0.15, 0.2) is 0 Å². The highest BCUT2D eigenvalue weighted by atomic mass is 16.4. The molecule has 0 rings (SSSR count). The van der Waals surface area contributed by atoms with Crippen molar-refractivity contribution in [3.8, 4) is 0 Å². The molecule has 0 aliphatic carbocycles. The Bertz CT molecular complexity index is 467. The molecule has 4 N–H and O–H groups in total. The Hall–Kier alpha value is -0.570. The summed E-state index contributed by atoms with van der Waals surface area (Å²) in [6, 6.07) is 0. The number of quaternary nitrogens is 1. The van der Waals surface area contributed by atoms with E-state index < -0.39 is 11.4 Å². The Morgan fingerprint density at radius 2 is 0.811 bits per heavy atom. The Balaban J connectivity index is 0. The van der Waals surface area contributed by atoms with Gasteiger partial charge in [0.1, 0.15) is 0 Å². The molecule has 0 aromatic carbocycles. The molecule has 0 bridgehead atoms. The van der Waals surface area contributed by atoms with Crippen molar-refractivity contribution < 1.29 is 9.90 Å². The van der Waals surface area contributed by atoms with E-state index in [9.17, 15) is 9.90 Å². The lowest BCUT2D eigenvalue weighted by Gasteiger charge is -2.37. The molecule has 2 atom stereocenters. The molecule has 0 aliphatic rings. The summed E-state index contributed by atoms with van der Waals surface area (Å²) in [6.07, 6.45) is 35.3. The second kappa shape index (κ2) is 28.4. The molecule has 3 nitrogen and oxygen atoms in total. The van der Waals surface area contributed by atoms with Crippen LogP contribution in [0.5, 0.6) is 0 Å². The lowest BCUT2D eigenvalue weighted by Crippen LogP contribution is -2.44. The minimum atomic E-state index is -0.826. The van der Waals surface area contributed by atoms with Gasteiger partial charge < -0.3 is 16.1 Å². The standard InChI is InChI=1S/C34H68O2.H3N/c1-5-7-9-11-13-15-17-19-20-22-24-26-28-30-32(3)34(4,33(35)36)31-29-27-25-23-21-18-16-14-12-10-8-6-2;/h32H,5-31H2,1-4H3,(H,35,36);1H3. The largest absolute Gasteiger partial charge is 0.550 e. The maximum atomic E-state index is 12.0. The first kappa shape index (κ1) is 38.6. The lowest BCUT2D eigenvalue weighted by molar-refractivity contribution is -0.321. The predicted molar refractivity (Wildman–Crippen MR) is 164 cm³/mol. The van der Waals surface area contributed by atoms with Gasteiger partial charge in [-0.2, -0.15) is 0 Å². The van der Waals surface area contributed by atoms with E-state index >= 15 is 0 Å². The zero-order chi connectivity index (χ0) is 26.7. The van der Waals surface area contributed by atoms with Crippen LogP contribution in [-0.2, 0) is 4.79 Å². The molecule has 0 radical (unpaired) electrons. The van der Waals surface area contributed by atoms with Crippen LogP contribution in [0.25, 0.3) is 0 Å². The van der Waals surface area contributed by atoms with Gasteiger partial charge in [-0.05, 0) is 18.8 Å². The summed E-state index contributed by atoms with van der Waals surface area (Å²) >= 11 is 0. The Morgan fingerprint density at radius 1 is 0.541 bits per heavy atom. The summed E-state index contributed by atoms with van der Waals surface area (Å²) in [7, 11) is 0. The van der Waals surface area contributed by atoms with E-state index in [0.29, 0.717) is 0 Å². The molecule has 0 aromatic heterocycles. The van der Waals surface area contributed by atoms with E-state index in [4.69, 9.17) is 0 Å². The third kappa shape index (κ3) is 23.1. The van der Waals surface area contributed by atoms with Crippen molar-refractivity contribution in [1.29, 1.82) is 0 Å². The van der Waals surface area contributed by atoms with E-state index in [2.05, 4.69) is 20.8 Å². The average Bonchev–Trinajstić information content (AvgIpc) is 2.87. The molecule has 37 heavy (non-hydrogen) atoms. The van der Waals surface area contributed by atoms with Crippen molar-refractivity contribution in [3.05, 3.63) is 0 Å². The Morgan fingerprint density at radius 3 is 1.11 bits per heavy atom. The van der Waals surface area contributed by atoms with Gasteiger partial charge in [0.2, 0.25) is 0 Å². The number of unbranched alkanes of at least 4 members (excludes halogenated alkanes) is 23. The Labute approximate surface area is 234 Å². The number of hydrogen-bond acceptors (Lipinski definition) is 2. The molecule has 3 heteroatoms. The van der Waals surface area contributed by atoms with Crippen molar-refractivity contribution in [2.45, 2.75) is 201 Å². The number of carboxylic acids is 1. The minimum Gasteiger partial charge on any atom is -0.550 e. The highest BCUT2D eigenvalue weighted by Crippen LogP contribution is 2.36. The number of carboxylic acid groups (broad SMARTS) is 1. The molecule has 0 aromatic rings. The van der Waals surface area contributed by atoms with Crippen molar-refractivity contribution >= 4 is 5.97 Å². The van der Waals surface area contributed by atoms with E-state index in [0.717, 1.165) is 19.3 Å². The molecule has 0 amide bonds. The van der Waals surface area contributed by atoms with Crippen molar-refractivity contribution in [2.24, 2.45) is 11.3 Å². The maximum absolute atomic E-state index is 12.0. The van der Waals surface area contributed by atoms with E-state index in [1.807, 2.05) is 6.92 Å². The van der Waals surface area contributed by atoms with Gasteiger partial charge in [0.05, 0.1) is 0 Å². The van der Waals surface area contributed by atoms with Gasteiger partial charge in [-0.15, -0.1) is 0 Å². The lowest BCUT2D eigenvalue weighted by atomic mass is 9.72. The van der Waals surface area contributed by atoms with E-state index in [1.165, 1.54) is 154 Å². The van der Waals surface area contributed by atoms with Gasteiger partial charge in [0.25, 0.3) is 0 Å². The number of hydrogen-bond donors (Lipinski definition) is 1. The zero-order valence-electron chi connectivity index (χ0n) is 26.5. The van der Waals surface area contributed by atoms with Crippen LogP contribution < -0.4 is 11.3 Å². The van der Waals surface area contributed by atoms with Crippen LogP contribution in [-0.4, -0.2) is 5.97 Å². The fourth-order valence-electron chi connectivity index (χ4n) is 5.67. The summed E-state index contributed by atoms with van der Waals surface area (Å²) in [6.45, 7) is 8.66. The molecule has 0 saturated heterocycles. The topological polar surface area (TPSA) is 76.6 Å². The van der Waals surface area contributed by atoms with Crippen LogP contribution in [0.4, 0.5) is 0 Å². The SMILES string of the molecule is CCCCCCCCCCCCCCCC(C)C(C)(CCCCCCCCCCCCCC)C(=O)[O-].[NH4+]. The second-order valence-corrected chi connectivity index (χ2v) is 12.3. The third-order valence-electron chi connectivity index (χ3n) is 8.84. The fourth-order valence-corrected chi connectivity index (χ4v) is 5.67. The third-order valence-corrected chi connectivity index (χ3v) is 8.84. The Kier molecular flexibility index (Phi) is 29.7. The summed E-state index contributed by atoms with van der Waals surface area (Å²) in [5.74, 6) is -0.615. The molecule has 0 saturated carbocycles. The van der Waals surface area contributed by atoms with Crippen molar-refractivity contribution in [3.63, 3.8) is 0 Å². The first-order valence-electron chi connectivity index (χ1n) is 16.7. The van der Waals surface area contributed by atoms with Gasteiger partial charge in [-0.1, -0.05) is 188 Å². The molecular formula is C34H71NO2. The van der Waals surface area contributed by atoms with Crippen LogP contribution in [0.15, 0.2) is 0 Å². The van der Waals surface area contributed by atoms with Gasteiger partial charge in [-0.25, -0.2) is 0 Å². The second-order valence-electron chi connectivity index (χ2n) is 12.3. The molecular weight excluding hydrogens is 454 g/mol. The molecule has 0 aliphatic heterocycles. The maximum Gasteiger partial charge on any atom is 0.0476 e. The molecule has 0 spiro atoms. The van der Waals surface area contributed by atoms with Crippen LogP contribution in [0, 0.1) is 11.3 Å². The van der Waals surface area contributed by atoms with Crippen LogP contribution in [0.2, 0.25) is 0 Å². The summed E-state index contributed by atoms with van der Waals surface area (Å²) in [5.41, 5.74) is -0.657. The predicted octanol–water partition coefficient (Wildman–Crippen LogP) is 11.3. The first-order chi connectivity index (χ1) is 17.5. The number of carbonyl (C=O) groups is 1. The van der Waals surface area contributed by atoms with Crippen molar-refractivity contribution in [2.75, 3.05) is 0 Å². The van der Waals surface area contributed by atoms with Crippen molar-refractivity contribution in [1.82, 2.24) is 6.15 Å². The van der Waals surface area contributed by atoms with Crippen LogP contribution in [0.1, 0.15) is 201 Å². The zero-order valence-corrected chi connectivity index (χ0v) is 26.5. The van der Waals surface area contributed by atoms with Gasteiger partial charge in [0, 0.05) is 11.4 Å². The molecule has 0 fully saturated rings. The van der Waals surface area contributed by atoms with Crippen LogP contribution in [0.3, 0.4) is 0 Å². The van der Waals surface area contributed by atoms with E-state index in [1.54, 1.807) is 0 Å².